The molecule has 0 aliphatic heterocycles. The van der Waals surface area contributed by atoms with E-state index in [4.69, 9.17) is 17.3 Å². The van der Waals surface area contributed by atoms with Crippen LogP contribution < -0.4 is 5.73 Å². The zero-order chi connectivity index (χ0) is 10.8. The second-order valence-electron chi connectivity index (χ2n) is 2.89. The van der Waals surface area contributed by atoms with E-state index in [1.165, 1.54) is 18.2 Å². The molecule has 2 nitrogen and oxygen atoms in total. The zero-order valence-corrected chi connectivity index (χ0v) is 8.01. The molecule has 0 saturated heterocycles. The van der Waals surface area contributed by atoms with E-state index in [0.717, 1.165) is 0 Å². The molecule has 0 fully saturated rings. The fourth-order valence-corrected chi connectivity index (χ4v) is 1.28. The highest BCUT2D eigenvalue weighted by Crippen LogP contribution is 2.33. The first-order chi connectivity index (χ1) is 6.49. The van der Waals surface area contributed by atoms with E-state index in [1.807, 2.05) is 0 Å². The minimum Gasteiger partial charge on any atom is -0.382 e. The summed E-state index contributed by atoms with van der Waals surface area (Å²) in [5.74, 6) is -3.36. The van der Waals surface area contributed by atoms with Crippen LogP contribution in [0.3, 0.4) is 0 Å². The van der Waals surface area contributed by atoms with E-state index in [1.54, 1.807) is 6.07 Å². The first-order valence-corrected chi connectivity index (χ1v) is 4.37. The van der Waals surface area contributed by atoms with Gasteiger partial charge in [-0.25, -0.2) is 8.78 Å². The molecule has 1 rings (SSSR count). The van der Waals surface area contributed by atoms with Gasteiger partial charge in [0.25, 0.3) is 5.92 Å². The number of benzene rings is 1. The predicted molar refractivity (Wildman–Crippen MR) is 50.4 cm³/mol. The standard InChI is InChI=1S/C9H10ClF2NO/c10-7-4-2-1-3-6(7)8(14)9(11,12)5-13/h1-4,8,14H,5,13H2. The molecule has 0 bridgehead atoms. The Kier molecular flexibility index (Phi) is 3.42. The van der Waals surface area contributed by atoms with Crippen LogP contribution in [0.25, 0.3) is 0 Å². The molecule has 1 atom stereocenters. The summed E-state index contributed by atoms with van der Waals surface area (Å²) in [6.07, 6.45) is -1.96. The molecule has 3 N–H and O–H groups in total. The molecule has 0 saturated carbocycles. The van der Waals surface area contributed by atoms with Crippen molar-refractivity contribution in [1.29, 1.82) is 0 Å². The highest BCUT2D eigenvalue weighted by Gasteiger charge is 2.38. The van der Waals surface area contributed by atoms with Crippen LogP contribution in [0.1, 0.15) is 11.7 Å². The highest BCUT2D eigenvalue weighted by molar-refractivity contribution is 6.31. The van der Waals surface area contributed by atoms with Gasteiger partial charge < -0.3 is 10.8 Å². The smallest absolute Gasteiger partial charge is 0.289 e. The fourth-order valence-electron chi connectivity index (χ4n) is 1.04. The Balaban J connectivity index is 3.00. The van der Waals surface area contributed by atoms with E-state index < -0.39 is 18.6 Å². The molecule has 0 aromatic heterocycles. The third kappa shape index (κ3) is 2.20. The van der Waals surface area contributed by atoms with Crippen LogP contribution in [0.4, 0.5) is 8.78 Å². The summed E-state index contributed by atoms with van der Waals surface area (Å²) in [5, 5.41) is 9.42. The Hall–Kier alpha value is -0.710. The SMILES string of the molecule is NCC(F)(F)C(O)c1ccccc1Cl. The molecular formula is C9H10ClF2NO. The van der Waals surface area contributed by atoms with Gasteiger partial charge in [0.15, 0.2) is 0 Å². The normalized spacial score (nSPS) is 14.1. The van der Waals surface area contributed by atoms with Gasteiger partial charge >= 0.3 is 0 Å². The number of rotatable bonds is 3. The predicted octanol–water partition coefficient (Wildman–Crippen LogP) is 1.97. The second kappa shape index (κ2) is 4.21. The average molecular weight is 222 g/mol. The monoisotopic (exact) mass is 221 g/mol. The Labute approximate surface area is 85.3 Å². The number of aliphatic hydroxyl groups is 1. The van der Waals surface area contributed by atoms with E-state index >= 15 is 0 Å². The van der Waals surface area contributed by atoms with Crippen molar-refractivity contribution in [3.63, 3.8) is 0 Å². The lowest BCUT2D eigenvalue weighted by molar-refractivity contribution is -0.102. The van der Waals surface area contributed by atoms with Crippen molar-refractivity contribution >= 4 is 11.6 Å². The largest absolute Gasteiger partial charge is 0.382 e. The first-order valence-electron chi connectivity index (χ1n) is 3.99. The highest BCUT2D eigenvalue weighted by atomic mass is 35.5. The summed E-state index contributed by atoms with van der Waals surface area (Å²) < 4.78 is 26.0. The quantitative estimate of drug-likeness (QED) is 0.820. The summed E-state index contributed by atoms with van der Waals surface area (Å²) in [5.41, 5.74) is 4.83. The Bertz CT molecular complexity index is 319. The van der Waals surface area contributed by atoms with E-state index in [-0.39, 0.29) is 10.6 Å². The molecule has 1 aromatic rings. The van der Waals surface area contributed by atoms with Crippen LogP contribution in [-0.2, 0) is 0 Å². The van der Waals surface area contributed by atoms with Crippen molar-refractivity contribution < 1.29 is 13.9 Å². The average Bonchev–Trinajstić information content (AvgIpc) is 2.17. The van der Waals surface area contributed by atoms with E-state index in [9.17, 15) is 13.9 Å². The lowest BCUT2D eigenvalue weighted by Gasteiger charge is -2.21. The minimum atomic E-state index is -3.36. The van der Waals surface area contributed by atoms with Crippen molar-refractivity contribution in [1.82, 2.24) is 0 Å². The fraction of sp³-hybridized carbons (Fsp3) is 0.333. The third-order valence-corrected chi connectivity index (χ3v) is 2.22. The molecule has 1 aromatic carbocycles. The number of halogens is 3. The lowest BCUT2D eigenvalue weighted by Crippen LogP contribution is -2.34. The molecule has 14 heavy (non-hydrogen) atoms. The van der Waals surface area contributed by atoms with Gasteiger partial charge in [-0.05, 0) is 6.07 Å². The Morgan fingerprint density at radius 1 is 1.43 bits per heavy atom. The van der Waals surface area contributed by atoms with Gasteiger partial charge in [0, 0.05) is 10.6 Å². The molecule has 0 aliphatic rings. The number of nitrogens with two attached hydrogens (primary N) is 1. The van der Waals surface area contributed by atoms with Crippen molar-refractivity contribution in [2.45, 2.75) is 12.0 Å². The van der Waals surface area contributed by atoms with Crippen molar-refractivity contribution in [2.24, 2.45) is 5.73 Å². The first kappa shape index (κ1) is 11.4. The number of hydrogen-bond donors (Lipinski definition) is 2. The molecule has 0 spiro atoms. The van der Waals surface area contributed by atoms with Gasteiger partial charge in [0.05, 0.1) is 6.54 Å². The summed E-state index contributed by atoms with van der Waals surface area (Å²) in [6, 6.07) is 5.90. The van der Waals surface area contributed by atoms with Crippen LogP contribution in [0.5, 0.6) is 0 Å². The van der Waals surface area contributed by atoms with Gasteiger partial charge in [-0.15, -0.1) is 0 Å². The summed E-state index contributed by atoms with van der Waals surface area (Å²) in [7, 11) is 0. The van der Waals surface area contributed by atoms with Crippen LogP contribution in [-0.4, -0.2) is 17.6 Å². The Morgan fingerprint density at radius 2 is 2.00 bits per heavy atom. The van der Waals surface area contributed by atoms with Crippen molar-refractivity contribution in [3.05, 3.63) is 34.9 Å². The third-order valence-electron chi connectivity index (χ3n) is 1.87. The van der Waals surface area contributed by atoms with Gasteiger partial charge in [-0.2, -0.15) is 0 Å². The van der Waals surface area contributed by atoms with Gasteiger partial charge in [-0.3, -0.25) is 0 Å². The van der Waals surface area contributed by atoms with Crippen molar-refractivity contribution in [3.8, 4) is 0 Å². The van der Waals surface area contributed by atoms with Gasteiger partial charge in [-0.1, -0.05) is 29.8 Å². The van der Waals surface area contributed by atoms with Crippen LogP contribution in [0.2, 0.25) is 5.02 Å². The maximum Gasteiger partial charge on any atom is 0.289 e. The van der Waals surface area contributed by atoms with Crippen LogP contribution >= 0.6 is 11.6 Å². The maximum absolute atomic E-state index is 13.0. The maximum atomic E-state index is 13.0. The van der Waals surface area contributed by atoms with E-state index in [2.05, 4.69) is 0 Å². The second-order valence-corrected chi connectivity index (χ2v) is 3.30. The Morgan fingerprint density at radius 3 is 2.50 bits per heavy atom. The number of alkyl halides is 2. The molecule has 1 unspecified atom stereocenters. The van der Waals surface area contributed by atoms with Crippen LogP contribution in [0, 0.1) is 0 Å². The molecule has 5 heteroatoms. The molecule has 0 heterocycles. The summed E-state index contributed by atoms with van der Waals surface area (Å²) in [6.45, 7) is -0.917. The van der Waals surface area contributed by atoms with Gasteiger partial charge in [0.2, 0.25) is 0 Å². The van der Waals surface area contributed by atoms with Crippen LogP contribution in [0.15, 0.2) is 24.3 Å². The molecule has 0 amide bonds. The number of hydrogen-bond acceptors (Lipinski definition) is 2. The summed E-state index contributed by atoms with van der Waals surface area (Å²) in [4.78, 5) is 0. The van der Waals surface area contributed by atoms with Crippen molar-refractivity contribution in [2.75, 3.05) is 6.54 Å². The molecule has 0 radical (unpaired) electrons. The van der Waals surface area contributed by atoms with E-state index in [0.29, 0.717) is 0 Å². The number of aliphatic hydroxyl groups excluding tert-OH is 1. The topological polar surface area (TPSA) is 46.2 Å². The summed E-state index contributed by atoms with van der Waals surface area (Å²) >= 11 is 5.65. The minimum absolute atomic E-state index is 0.00961. The molecular weight excluding hydrogens is 212 g/mol. The molecule has 0 aliphatic carbocycles. The lowest BCUT2D eigenvalue weighted by atomic mass is 10.0. The van der Waals surface area contributed by atoms with Gasteiger partial charge in [0.1, 0.15) is 6.10 Å². The zero-order valence-electron chi connectivity index (χ0n) is 7.25. The molecule has 78 valence electrons.